The Labute approximate surface area is 146 Å². The molecule has 1 aliphatic rings. The molecular formula is C18H22N4O3. The summed E-state index contributed by atoms with van der Waals surface area (Å²) in [5.41, 5.74) is 0.625. The fourth-order valence-electron chi connectivity index (χ4n) is 2.86. The number of nitrogens with zero attached hydrogens (tertiary/aromatic N) is 3. The highest BCUT2D eigenvalue weighted by Crippen LogP contribution is 2.26. The van der Waals surface area contributed by atoms with E-state index in [2.05, 4.69) is 10.3 Å². The Bertz CT molecular complexity index is 730. The van der Waals surface area contributed by atoms with Crippen LogP contribution in [-0.2, 0) is 16.1 Å². The standard InChI is InChI=1S/C18H22N4O3/c1-2-22-12-14(11-17(22)23)18(24)20-15-5-3-4-6-16(15)25-10-9-21-8-7-19-13-21/h3-8,13-14H,2,9-12H2,1H3,(H,20,24)/t14-/m0/s1. The molecule has 2 heterocycles. The van der Waals surface area contributed by atoms with Crippen molar-refractivity contribution in [3.63, 3.8) is 0 Å². The van der Waals surface area contributed by atoms with Gasteiger partial charge in [0.25, 0.3) is 0 Å². The smallest absolute Gasteiger partial charge is 0.229 e. The molecule has 0 aliphatic carbocycles. The normalized spacial score (nSPS) is 16.9. The fourth-order valence-corrected chi connectivity index (χ4v) is 2.86. The molecule has 0 bridgehead atoms. The highest BCUT2D eigenvalue weighted by atomic mass is 16.5. The summed E-state index contributed by atoms with van der Waals surface area (Å²) in [5, 5.41) is 2.90. The number of hydrogen-bond acceptors (Lipinski definition) is 4. The lowest BCUT2D eigenvalue weighted by molar-refractivity contribution is -0.128. The number of nitrogens with one attached hydrogen (secondary N) is 1. The van der Waals surface area contributed by atoms with Crippen LogP contribution in [0.3, 0.4) is 0 Å². The van der Waals surface area contributed by atoms with Crippen molar-refractivity contribution < 1.29 is 14.3 Å². The molecule has 132 valence electrons. The first-order valence-electron chi connectivity index (χ1n) is 8.43. The van der Waals surface area contributed by atoms with Crippen molar-refractivity contribution in [3.8, 4) is 5.75 Å². The van der Waals surface area contributed by atoms with E-state index >= 15 is 0 Å². The molecule has 1 atom stereocenters. The van der Waals surface area contributed by atoms with Crippen molar-refractivity contribution in [1.29, 1.82) is 0 Å². The average Bonchev–Trinajstić information content (AvgIpc) is 3.25. The Morgan fingerprint density at radius 1 is 1.40 bits per heavy atom. The van der Waals surface area contributed by atoms with Crippen molar-refractivity contribution >= 4 is 17.5 Å². The van der Waals surface area contributed by atoms with Gasteiger partial charge >= 0.3 is 0 Å². The minimum Gasteiger partial charge on any atom is -0.490 e. The molecule has 0 saturated carbocycles. The van der Waals surface area contributed by atoms with Crippen LogP contribution in [0.1, 0.15) is 13.3 Å². The number of para-hydroxylation sites is 2. The maximum atomic E-state index is 12.5. The van der Waals surface area contributed by atoms with Gasteiger partial charge in [0.1, 0.15) is 12.4 Å². The molecule has 7 heteroatoms. The molecule has 0 spiro atoms. The zero-order valence-electron chi connectivity index (χ0n) is 14.2. The Kier molecular flexibility index (Phi) is 5.33. The summed E-state index contributed by atoms with van der Waals surface area (Å²) in [5.74, 6) is 0.196. The maximum Gasteiger partial charge on any atom is 0.229 e. The van der Waals surface area contributed by atoms with Gasteiger partial charge in [-0.15, -0.1) is 0 Å². The van der Waals surface area contributed by atoms with Gasteiger partial charge in [-0.25, -0.2) is 4.98 Å². The van der Waals surface area contributed by atoms with Crippen molar-refractivity contribution in [1.82, 2.24) is 14.5 Å². The fraction of sp³-hybridized carbons (Fsp3) is 0.389. The van der Waals surface area contributed by atoms with Gasteiger partial charge in [-0.3, -0.25) is 9.59 Å². The van der Waals surface area contributed by atoms with Crippen molar-refractivity contribution in [2.45, 2.75) is 19.9 Å². The molecule has 1 N–H and O–H groups in total. The van der Waals surface area contributed by atoms with Gasteiger partial charge in [0, 0.05) is 31.9 Å². The first-order valence-corrected chi connectivity index (χ1v) is 8.43. The topological polar surface area (TPSA) is 76.5 Å². The van der Waals surface area contributed by atoms with Gasteiger partial charge in [-0.1, -0.05) is 12.1 Å². The summed E-state index contributed by atoms with van der Waals surface area (Å²) in [6.45, 7) is 4.17. The summed E-state index contributed by atoms with van der Waals surface area (Å²) < 4.78 is 7.72. The summed E-state index contributed by atoms with van der Waals surface area (Å²) in [4.78, 5) is 30.0. The Morgan fingerprint density at radius 3 is 2.96 bits per heavy atom. The molecule has 2 amide bonds. The second-order valence-electron chi connectivity index (χ2n) is 5.97. The van der Waals surface area contributed by atoms with Gasteiger partial charge in [-0.05, 0) is 19.1 Å². The van der Waals surface area contributed by atoms with Crippen LogP contribution in [0, 0.1) is 5.92 Å². The predicted octanol–water partition coefficient (Wildman–Crippen LogP) is 1.77. The van der Waals surface area contributed by atoms with E-state index in [-0.39, 0.29) is 24.2 Å². The predicted molar refractivity (Wildman–Crippen MR) is 93.2 cm³/mol. The maximum absolute atomic E-state index is 12.5. The quantitative estimate of drug-likeness (QED) is 0.832. The molecule has 2 aromatic rings. The van der Waals surface area contributed by atoms with Gasteiger partial charge in [0.05, 0.1) is 24.5 Å². The number of likely N-dealkylation sites (tertiary alicyclic amines) is 1. The van der Waals surface area contributed by atoms with E-state index < -0.39 is 0 Å². The van der Waals surface area contributed by atoms with Crippen LogP contribution in [0.2, 0.25) is 0 Å². The Balaban J connectivity index is 1.58. The minimum atomic E-state index is -0.313. The molecule has 25 heavy (non-hydrogen) atoms. The molecule has 0 unspecified atom stereocenters. The SMILES string of the molecule is CCN1C[C@@H](C(=O)Nc2ccccc2OCCn2ccnc2)CC1=O. The van der Waals surface area contributed by atoms with E-state index in [9.17, 15) is 9.59 Å². The number of aromatic nitrogens is 2. The van der Waals surface area contributed by atoms with Gasteiger partial charge in [-0.2, -0.15) is 0 Å². The summed E-state index contributed by atoms with van der Waals surface area (Å²) >= 11 is 0. The molecule has 7 nitrogen and oxygen atoms in total. The molecular weight excluding hydrogens is 320 g/mol. The van der Waals surface area contributed by atoms with Crippen LogP contribution in [0.25, 0.3) is 0 Å². The van der Waals surface area contributed by atoms with E-state index in [0.717, 1.165) is 0 Å². The lowest BCUT2D eigenvalue weighted by atomic mass is 10.1. The third-order valence-electron chi connectivity index (χ3n) is 4.28. The van der Waals surface area contributed by atoms with Gasteiger partial charge < -0.3 is 19.5 Å². The van der Waals surface area contributed by atoms with Gasteiger partial charge in [0.15, 0.2) is 0 Å². The molecule has 1 aromatic heterocycles. The summed E-state index contributed by atoms with van der Waals surface area (Å²) in [6.07, 6.45) is 5.58. The van der Waals surface area contributed by atoms with E-state index in [1.54, 1.807) is 23.5 Å². The minimum absolute atomic E-state index is 0.0347. The van der Waals surface area contributed by atoms with Crippen LogP contribution >= 0.6 is 0 Å². The molecule has 0 radical (unpaired) electrons. The average molecular weight is 342 g/mol. The largest absolute Gasteiger partial charge is 0.490 e. The van der Waals surface area contributed by atoms with Crippen molar-refractivity contribution in [3.05, 3.63) is 43.0 Å². The van der Waals surface area contributed by atoms with Crippen LogP contribution < -0.4 is 10.1 Å². The third-order valence-corrected chi connectivity index (χ3v) is 4.28. The summed E-state index contributed by atoms with van der Waals surface area (Å²) in [7, 11) is 0. The van der Waals surface area contributed by atoms with Crippen molar-refractivity contribution in [2.75, 3.05) is 25.0 Å². The first-order chi connectivity index (χ1) is 12.2. The number of hydrogen-bond donors (Lipinski definition) is 1. The van der Waals surface area contributed by atoms with E-state index in [4.69, 9.17) is 4.74 Å². The first kappa shape index (κ1) is 17.0. The van der Waals surface area contributed by atoms with E-state index in [1.165, 1.54) is 0 Å². The summed E-state index contributed by atoms with van der Waals surface area (Å²) in [6, 6.07) is 7.33. The zero-order valence-corrected chi connectivity index (χ0v) is 14.2. The van der Waals surface area contributed by atoms with Crippen LogP contribution in [0.4, 0.5) is 5.69 Å². The zero-order chi connectivity index (χ0) is 17.6. The number of carbonyl (C=O) groups excluding carboxylic acids is 2. The second kappa shape index (κ2) is 7.83. The number of benzene rings is 1. The lowest BCUT2D eigenvalue weighted by Crippen LogP contribution is -2.28. The number of amides is 2. The number of ether oxygens (including phenoxy) is 1. The highest BCUT2D eigenvalue weighted by molar-refractivity contribution is 5.98. The van der Waals surface area contributed by atoms with Crippen LogP contribution in [0.15, 0.2) is 43.0 Å². The second-order valence-corrected chi connectivity index (χ2v) is 5.97. The number of carbonyl (C=O) groups is 2. The molecule has 1 fully saturated rings. The number of imidazole rings is 1. The lowest BCUT2D eigenvalue weighted by Gasteiger charge is -2.16. The molecule has 1 aromatic carbocycles. The van der Waals surface area contributed by atoms with Gasteiger partial charge in [0.2, 0.25) is 11.8 Å². The van der Waals surface area contributed by atoms with E-state index in [0.29, 0.717) is 37.7 Å². The van der Waals surface area contributed by atoms with Crippen molar-refractivity contribution in [2.24, 2.45) is 5.92 Å². The Hall–Kier alpha value is -2.83. The number of rotatable bonds is 7. The molecule has 1 aliphatic heterocycles. The van der Waals surface area contributed by atoms with E-state index in [1.807, 2.05) is 35.9 Å². The third kappa shape index (κ3) is 4.17. The van der Waals surface area contributed by atoms with Crippen LogP contribution in [0.5, 0.6) is 5.75 Å². The molecule has 3 rings (SSSR count). The monoisotopic (exact) mass is 342 g/mol. The molecule has 1 saturated heterocycles. The Morgan fingerprint density at radius 2 is 2.24 bits per heavy atom. The number of anilines is 1. The van der Waals surface area contributed by atoms with Crippen LogP contribution in [-0.4, -0.2) is 46.0 Å². The highest BCUT2D eigenvalue weighted by Gasteiger charge is 2.33.